The number of carbonyl (C=O) groups excluding carboxylic acids is 1. The lowest BCUT2D eigenvalue weighted by atomic mass is 10.1. The molecule has 1 aromatic carbocycles. The molecule has 0 fully saturated rings. The van der Waals surface area contributed by atoms with Gasteiger partial charge in [0.15, 0.2) is 6.29 Å². The van der Waals surface area contributed by atoms with Crippen LogP contribution in [-0.2, 0) is 6.42 Å². The van der Waals surface area contributed by atoms with Gasteiger partial charge in [0.1, 0.15) is 5.75 Å². The van der Waals surface area contributed by atoms with Crippen molar-refractivity contribution >= 4 is 23.4 Å². The number of halogens is 1. The fourth-order valence-corrected chi connectivity index (χ4v) is 2.89. The zero-order valence-electron chi connectivity index (χ0n) is 12.5. The second-order valence-corrected chi connectivity index (χ2v) is 5.50. The van der Waals surface area contributed by atoms with Gasteiger partial charge in [0.2, 0.25) is 0 Å². The normalized spacial score (nSPS) is 10.9. The van der Waals surface area contributed by atoms with Gasteiger partial charge in [-0.3, -0.25) is 4.79 Å². The Kier molecular flexibility index (Phi) is 3.90. The van der Waals surface area contributed by atoms with Crippen molar-refractivity contribution in [1.29, 1.82) is 0 Å². The van der Waals surface area contributed by atoms with Gasteiger partial charge in [-0.05, 0) is 42.3 Å². The molecule has 4 heteroatoms. The maximum Gasteiger partial charge on any atom is 0.167 e. The number of pyridine rings is 1. The van der Waals surface area contributed by atoms with Crippen LogP contribution in [-0.4, -0.2) is 17.8 Å². The summed E-state index contributed by atoms with van der Waals surface area (Å²) in [7, 11) is 1.60. The largest absolute Gasteiger partial charge is 0.497 e. The Balaban J connectivity index is 2.24. The number of rotatable bonds is 4. The van der Waals surface area contributed by atoms with Crippen LogP contribution >= 0.6 is 11.6 Å². The van der Waals surface area contributed by atoms with Crippen LogP contribution < -0.4 is 4.74 Å². The van der Waals surface area contributed by atoms with Gasteiger partial charge in [0.05, 0.1) is 17.8 Å². The van der Waals surface area contributed by atoms with E-state index in [2.05, 4.69) is 13.0 Å². The standard InChI is InChI=1S/C18H16ClNO2/c1-3-12-4-5-13-8-16(18(11-21)20(13)10-12)15-7-6-14(22-2)9-17(15)19/h4-11H,3H2,1-2H3. The van der Waals surface area contributed by atoms with E-state index < -0.39 is 0 Å². The number of carbonyl (C=O) groups is 1. The zero-order valence-corrected chi connectivity index (χ0v) is 13.2. The maximum absolute atomic E-state index is 11.6. The quantitative estimate of drug-likeness (QED) is 0.657. The number of benzene rings is 1. The second kappa shape index (κ2) is 5.85. The van der Waals surface area contributed by atoms with Crippen LogP contribution in [0, 0.1) is 0 Å². The monoisotopic (exact) mass is 313 g/mol. The van der Waals surface area contributed by atoms with Crippen molar-refractivity contribution in [1.82, 2.24) is 4.40 Å². The molecular formula is C18H16ClNO2. The van der Waals surface area contributed by atoms with Gasteiger partial charge in [0, 0.05) is 22.8 Å². The van der Waals surface area contributed by atoms with Gasteiger partial charge >= 0.3 is 0 Å². The SMILES string of the molecule is CCc1ccc2cc(-c3ccc(OC)cc3Cl)c(C=O)n2c1. The van der Waals surface area contributed by atoms with Crippen LogP contribution in [0.1, 0.15) is 23.0 Å². The van der Waals surface area contributed by atoms with E-state index in [0.29, 0.717) is 16.5 Å². The van der Waals surface area contributed by atoms with Crippen LogP contribution in [0.15, 0.2) is 42.6 Å². The first-order chi connectivity index (χ1) is 10.7. The van der Waals surface area contributed by atoms with Crippen molar-refractivity contribution in [2.75, 3.05) is 7.11 Å². The predicted molar refractivity (Wildman–Crippen MR) is 89.2 cm³/mol. The molecule has 0 N–H and O–H groups in total. The first-order valence-corrected chi connectivity index (χ1v) is 7.48. The first kappa shape index (κ1) is 14.7. The van der Waals surface area contributed by atoms with Crippen molar-refractivity contribution in [3.8, 4) is 16.9 Å². The summed E-state index contributed by atoms with van der Waals surface area (Å²) in [5.74, 6) is 0.693. The number of ether oxygens (including phenoxy) is 1. The summed E-state index contributed by atoms with van der Waals surface area (Å²) in [6.45, 7) is 2.09. The van der Waals surface area contributed by atoms with E-state index in [1.54, 1.807) is 13.2 Å². The fourth-order valence-electron chi connectivity index (χ4n) is 2.62. The van der Waals surface area contributed by atoms with E-state index in [1.807, 2.05) is 34.9 Å². The van der Waals surface area contributed by atoms with Gasteiger partial charge in [-0.25, -0.2) is 0 Å². The summed E-state index contributed by atoms with van der Waals surface area (Å²) in [6, 6.07) is 11.6. The number of hydrogen-bond donors (Lipinski definition) is 0. The van der Waals surface area contributed by atoms with E-state index in [1.165, 1.54) is 5.56 Å². The maximum atomic E-state index is 11.6. The number of nitrogens with zero attached hydrogens (tertiary/aromatic N) is 1. The number of aryl methyl sites for hydroxylation is 1. The van der Waals surface area contributed by atoms with Crippen molar-refractivity contribution < 1.29 is 9.53 Å². The Morgan fingerprint density at radius 2 is 2.00 bits per heavy atom. The zero-order chi connectivity index (χ0) is 15.7. The predicted octanol–water partition coefficient (Wildman–Crippen LogP) is 4.64. The molecule has 3 aromatic rings. The number of hydrogen-bond acceptors (Lipinski definition) is 2. The van der Waals surface area contributed by atoms with Gasteiger partial charge in [-0.2, -0.15) is 0 Å². The Morgan fingerprint density at radius 3 is 2.64 bits per heavy atom. The molecule has 0 aliphatic rings. The third-order valence-corrected chi connectivity index (χ3v) is 4.17. The lowest BCUT2D eigenvalue weighted by Gasteiger charge is -2.06. The Bertz CT molecular complexity index is 852. The molecule has 2 aromatic heterocycles. The molecule has 3 rings (SSSR count). The summed E-state index contributed by atoms with van der Waals surface area (Å²) in [5.41, 5.74) is 4.42. The van der Waals surface area contributed by atoms with Gasteiger partial charge in [-0.1, -0.05) is 24.6 Å². The summed E-state index contributed by atoms with van der Waals surface area (Å²) in [6.07, 6.45) is 3.80. The molecule has 0 saturated carbocycles. The number of aldehydes is 1. The van der Waals surface area contributed by atoms with Crippen molar-refractivity contribution in [3.63, 3.8) is 0 Å². The molecule has 0 unspecified atom stereocenters. The second-order valence-electron chi connectivity index (χ2n) is 5.09. The minimum absolute atomic E-state index is 0.564. The molecule has 112 valence electrons. The smallest absolute Gasteiger partial charge is 0.167 e. The highest BCUT2D eigenvalue weighted by molar-refractivity contribution is 6.33. The lowest BCUT2D eigenvalue weighted by Crippen LogP contribution is -1.94. The molecule has 0 saturated heterocycles. The highest BCUT2D eigenvalue weighted by atomic mass is 35.5. The first-order valence-electron chi connectivity index (χ1n) is 7.11. The Hall–Kier alpha value is -2.26. The minimum atomic E-state index is 0.564. The molecule has 0 aliphatic carbocycles. The molecule has 0 aliphatic heterocycles. The fraction of sp³-hybridized carbons (Fsp3) is 0.167. The summed E-state index contributed by atoms with van der Waals surface area (Å²) in [4.78, 5) is 11.6. The van der Waals surface area contributed by atoms with Crippen LogP contribution in [0.5, 0.6) is 5.75 Å². The van der Waals surface area contributed by atoms with Crippen molar-refractivity contribution in [3.05, 3.63) is 58.9 Å². The molecule has 22 heavy (non-hydrogen) atoms. The highest BCUT2D eigenvalue weighted by Crippen LogP contribution is 2.34. The van der Waals surface area contributed by atoms with Crippen LogP contribution in [0.3, 0.4) is 0 Å². The summed E-state index contributed by atoms with van der Waals surface area (Å²) in [5, 5.41) is 0.564. The molecule has 0 amide bonds. The minimum Gasteiger partial charge on any atom is -0.497 e. The third-order valence-electron chi connectivity index (χ3n) is 3.86. The van der Waals surface area contributed by atoms with Crippen molar-refractivity contribution in [2.24, 2.45) is 0 Å². The van der Waals surface area contributed by atoms with E-state index >= 15 is 0 Å². The highest BCUT2D eigenvalue weighted by Gasteiger charge is 2.14. The van der Waals surface area contributed by atoms with Crippen LogP contribution in [0.25, 0.3) is 16.6 Å². The van der Waals surface area contributed by atoms with Crippen molar-refractivity contribution in [2.45, 2.75) is 13.3 Å². The Morgan fingerprint density at radius 1 is 1.18 bits per heavy atom. The number of aromatic nitrogens is 1. The molecule has 0 atom stereocenters. The van der Waals surface area contributed by atoms with Crippen LogP contribution in [0.2, 0.25) is 5.02 Å². The Labute approximate surface area is 134 Å². The van der Waals surface area contributed by atoms with E-state index in [0.717, 1.165) is 29.4 Å². The summed E-state index contributed by atoms with van der Waals surface area (Å²) >= 11 is 6.35. The molecular weight excluding hydrogens is 298 g/mol. The molecule has 0 spiro atoms. The van der Waals surface area contributed by atoms with Crippen LogP contribution in [0.4, 0.5) is 0 Å². The molecule has 0 radical (unpaired) electrons. The average molecular weight is 314 g/mol. The van der Waals surface area contributed by atoms with E-state index in [9.17, 15) is 4.79 Å². The van der Waals surface area contributed by atoms with E-state index in [-0.39, 0.29) is 0 Å². The van der Waals surface area contributed by atoms with Gasteiger partial charge in [0.25, 0.3) is 0 Å². The average Bonchev–Trinajstić information content (AvgIpc) is 2.91. The lowest BCUT2D eigenvalue weighted by molar-refractivity contribution is 0.111. The molecule has 3 nitrogen and oxygen atoms in total. The molecule has 2 heterocycles. The third kappa shape index (κ3) is 2.38. The van der Waals surface area contributed by atoms with E-state index in [4.69, 9.17) is 16.3 Å². The van der Waals surface area contributed by atoms with Gasteiger partial charge in [-0.15, -0.1) is 0 Å². The number of fused-ring (bicyclic) bond motifs is 1. The van der Waals surface area contributed by atoms with Gasteiger partial charge < -0.3 is 9.14 Å². The topological polar surface area (TPSA) is 30.7 Å². The summed E-state index contributed by atoms with van der Waals surface area (Å²) < 4.78 is 7.09. The number of methoxy groups -OCH3 is 1. The molecule has 0 bridgehead atoms.